The summed E-state index contributed by atoms with van der Waals surface area (Å²) in [6, 6.07) is 27.1. The second-order valence-electron chi connectivity index (χ2n) is 8.64. The number of carbonyl (C=O) groups is 2. The van der Waals surface area contributed by atoms with Crippen LogP contribution < -0.4 is 5.32 Å². The van der Waals surface area contributed by atoms with Gasteiger partial charge in [0.2, 0.25) is 0 Å². The van der Waals surface area contributed by atoms with E-state index in [0.717, 1.165) is 36.6 Å². The van der Waals surface area contributed by atoms with Crippen molar-refractivity contribution < 1.29 is 14.7 Å². The van der Waals surface area contributed by atoms with Gasteiger partial charge in [0, 0.05) is 32.4 Å². The lowest BCUT2D eigenvalue weighted by atomic mass is 10.0. The van der Waals surface area contributed by atoms with Gasteiger partial charge in [-0.25, -0.2) is 9.78 Å². The first-order chi connectivity index (χ1) is 17.1. The summed E-state index contributed by atoms with van der Waals surface area (Å²) in [5.74, 6) is -0.433. The van der Waals surface area contributed by atoms with Crippen LogP contribution in [0.4, 0.5) is 0 Å². The highest BCUT2D eigenvalue weighted by atomic mass is 16.4. The van der Waals surface area contributed by atoms with Crippen LogP contribution in [0.1, 0.15) is 49.4 Å². The van der Waals surface area contributed by atoms with E-state index in [0.29, 0.717) is 5.69 Å². The Morgan fingerprint density at radius 2 is 1.63 bits per heavy atom. The largest absolute Gasteiger partial charge is 0.478 e. The van der Waals surface area contributed by atoms with E-state index in [1.807, 2.05) is 42.6 Å². The van der Waals surface area contributed by atoms with Crippen LogP contribution in [0.25, 0.3) is 0 Å². The molecule has 1 amide bonds. The molecule has 2 N–H and O–H groups in total. The van der Waals surface area contributed by atoms with Crippen LogP contribution in [0.2, 0.25) is 0 Å². The van der Waals surface area contributed by atoms with Gasteiger partial charge in [0.25, 0.3) is 5.91 Å². The lowest BCUT2D eigenvalue weighted by molar-refractivity contribution is 0.0696. The van der Waals surface area contributed by atoms with Crippen molar-refractivity contribution in [3.05, 3.63) is 125 Å². The summed E-state index contributed by atoms with van der Waals surface area (Å²) >= 11 is 0. The number of aromatic carboxylic acids is 1. The molecule has 0 bridgehead atoms. The number of rotatable bonds is 7. The molecule has 7 nitrogen and oxygen atoms in total. The van der Waals surface area contributed by atoms with E-state index < -0.39 is 5.97 Å². The maximum Gasteiger partial charge on any atom is 0.335 e. The van der Waals surface area contributed by atoms with E-state index in [-0.39, 0.29) is 24.1 Å². The Hall–Kier alpha value is -4.23. The molecule has 1 unspecified atom stereocenters. The molecule has 176 valence electrons. The third kappa shape index (κ3) is 5.00. The van der Waals surface area contributed by atoms with Crippen molar-refractivity contribution in [1.29, 1.82) is 0 Å². The first kappa shape index (κ1) is 22.6. The molecule has 4 aromatic rings. The van der Waals surface area contributed by atoms with Crippen LogP contribution in [-0.4, -0.2) is 38.0 Å². The first-order valence-corrected chi connectivity index (χ1v) is 11.6. The Kier molecular flexibility index (Phi) is 6.41. The molecule has 1 aromatic heterocycles. The zero-order valence-electron chi connectivity index (χ0n) is 19.2. The van der Waals surface area contributed by atoms with Gasteiger partial charge >= 0.3 is 5.97 Å². The van der Waals surface area contributed by atoms with E-state index in [9.17, 15) is 14.7 Å². The molecule has 0 radical (unpaired) electrons. The predicted octanol–water partition coefficient (Wildman–Crippen LogP) is 4.12. The van der Waals surface area contributed by atoms with Crippen LogP contribution in [0.15, 0.2) is 91.1 Å². The highest BCUT2D eigenvalue weighted by molar-refractivity contribution is 5.92. The molecular formula is C28H26N4O3. The molecule has 0 saturated heterocycles. The Morgan fingerprint density at radius 3 is 2.37 bits per heavy atom. The van der Waals surface area contributed by atoms with Gasteiger partial charge in [-0.3, -0.25) is 9.69 Å². The molecule has 0 fully saturated rings. The lowest BCUT2D eigenvalue weighted by Gasteiger charge is -2.36. The quantitative estimate of drug-likeness (QED) is 0.428. The van der Waals surface area contributed by atoms with E-state index >= 15 is 0 Å². The number of imidazole rings is 1. The topological polar surface area (TPSA) is 87.5 Å². The van der Waals surface area contributed by atoms with E-state index in [2.05, 4.69) is 39.0 Å². The number of hydrogen-bond acceptors (Lipinski definition) is 4. The van der Waals surface area contributed by atoms with E-state index in [4.69, 9.17) is 4.98 Å². The minimum Gasteiger partial charge on any atom is -0.478 e. The SMILES string of the molecule is O=C(O)c1cccc(CNC(=O)c2cn3c(n2)C(c2ccccc2)N(Cc2ccccc2)CC3)c1. The number of carboxylic acid groups (broad SMARTS) is 1. The van der Waals surface area contributed by atoms with Gasteiger partial charge in [-0.2, -0.15) is 0 Å². The van der Waals surface area contributed by atoms with Crippen LogP contribution in [0, 0.1) is 0 Å². The van der Waals surface area contributed by atoms with Crippen LogP contribution in [-0.2, 0) is 19.6 Å². The predicted molar refractivity (Wildman–Crippen MR) is 132 cm³/mol. The third-order valence-corrected chi connectivity index (χ3v) is 6.25. The number of aromatic nitrogens is 2. The zero-order valence-corrected chi connectivity index (χ0v) is 19.2. The van der Waals surface area contributed by atoms with Crippen molar-refractivity contribution in [3.63, 3.8) is 0 Å². The molecule has 35 heavy (non-hydrogen) atoms. The fourth-order valence-corrected chi connectivity index (χ4v) is 4.54. The summed E-state index contributed by atoms with van der Waals surface area (Å²) < 4.78 is 2.07. The van der Waals surface area contributed by atoms with Crippen molar-refractivity contribution >= 4 is 11.9 Å². The fourth-order valence-electron chi connectivity index (χ4n) is 4.54. The first-order valence-electron chi connectivity index (χ1n) is 11.6. The molecule has 0 aliphatic carbocycles. The number of amides is 1. The number of carbonyl (C=O) groups excluding carboxylic acids is 1. The van der Waals surface area contributed by atoms with E-state index in [1.165, 1.54) is 11.6 Å². The second-order valence-corrected chi connectivity index (χ2v) is 8.64. The maximum atomic E-state index is 13.0. The standard InChI is InChI=1S/C28H26N4O3/c33-27(29-17-21-10-7-13-23(16-21)28(34)35)24-19-32-15-14-31(18-20-8-3-1-4-9-20)25(26(32)30-24)22-11-5-2-6-12-22/h1-13,16,19,25H,14-15,17-18H2,(H,29,33)(H,34,35). The number of nitrogens with zero attached hydrogens (tertiary/aromatic N) is 3. The monoisotopic (exact) mass is 466 g/mol. The Morgan fingerprint density at radius 1 is 0.914 bits per heavy atom. The Balaban J connectivity index is 1.38. The number of hydrogen-bond donors (Lipinski definition) is 2. The molecule has 0 spiro atoms. The van der Waals surface area contributed by atoms with Crippen LogP contribution in [0.3, 0.4) is 0 Å². The lowest BCUT2D eigenvalue weighted by Crippen LogP contribution is -2.38. The molecule has 1 aliphatic heterocycles. The Bertz CT molecular complexity index is 1330. The number of benzene rings is 3. The molecule has 0 saturated carbocycles. The summed E-state index contributed by atoms with van der Waals surface area (Å²) in [5, 5.41) is 12.1. The van der Waals surface area contributed by atoms with Crippen LogP contribution >= 0.6 is 0 Å². The summed E-state index contributed by atoms with van der Waals surface area (Å²) in [5.41, 5.74) is 3.64. The zero-order chi connectivity index (χ0) is 24.2. The molecule has 1 aliphatic rings. The van der Waals surface area contributed by atoms with Gasteiger partial charge in [-0.15, -0.1) is 0 Å². The molecule has 7 heteroatoms. The average molecular weight is 467 g/mol. The van der Waals surface area contributed by atoms with Gasteiger partial charge < -0.3 is 15.0 Å². The summed E-state index contributed by atoms with van der Waals surface area (Å²) in [7, 11) is 0. The van der Waals surface area contributed by atoms with Crippen molar-refractivity contribution in [3.8, 4) is 0 Å². The van der Waals surface area contributed by atoms with Crippen molar-refractivity contribution in [2.75, 3.05) is 6.54 Å². The third-order valence-electron chi connectivity index (χ3n) is 6.25. The molecule has 5 rings (SSSR count). The number of fused-ring (bicyclic) bond motifs is 1. The summed E-state index contributed by atoms with van der Waals surface area (Å²) in [6.45, 7) is 2.59. The van der Waals surface area contributed by atoms with Crippen molar-refractivity contribution in [1.82, 2.24) is 19.8 Å². The number of nitrogens with one attached hydrogen (secondary N) is 1. The van der Waals surface area contributed by atoms with E-state index in [1.54, 1.807) is 18.2 Å². The van der Waals surface area contributed by atoms with Gasteiger partial charge in [0.15, 0.2) is 0 Å². The highest BCUT2D eigenvalue weighted by Crippen LogP contribution is 2.32. The van der Waals surface area contributed by atoms with Gasteiger partial charge in [0.05, 0.1) is 11.6 Å². The highest BCUT2D eigenvalue weighted by Gasteiger charge is 2.32. The van der Waals surface area contributed by atoms with Crippen molar-refractivity contribution in [2.24, 2.45) is 0 Å². The summed E-state index contributed by atoms with van der Waals surface area (Å²) in [6.07, 6.45) is 1.81. The second kappa shape index (κ2) is 9.95. The number of carboxylic acids is 1. The summed E-state index contributed by atoms with van der Waals surface area (Å²) in [4.78, 5) is 31.3. The van der Waals surface area contributed by atoms with Gasteiger partial charge in [0.1, 0.15) is 11.5 Å². The van der Waals surface area contributed by atoms with Crippen molar-refractivity contribution in [2.45, 2.75) is 25.7 Å². The Labute approximate surface area is 203 Å². The smallest absolute Gasteiger partial charge is 0.335 e. The fraction of sp³-hybridized carbons (Fsp3) is 0.179. The van der Waals surface area contributed by atoms with Crippen LogP contribution in [0.5, 0.6) is 0 Å². The minimum atomic E-state index is -0.994. The normalized spacial score (nSPS) is 15.4. The molecule has 1 atom stereocenters. The van der Waals surface area contributed by atoms with Gasteiger partial charge in [-0.05, 0) is 28.8 Å². The molecule has 2 heterocycles. The molecular weight excluding hydrogens is 440 g/mol. The molecule has 3 aromatic carbocycles. The van der Waals surface area contributed by atoms with Gasteiger partial charge in [-0.1, -0.05) is 72.8 Å². The average Bonchev–Trinajstić information content (AvgIpc) is 3.33. The minimum absolute atomic E-state index is 0.0704. The maximum absolute atomic E-state index is 13.0.